The molecule has 0 aliphatic heterocycles. The van der Waals surface area contributed by atoms with Crippen LogP contribution in [-0.2, 0) is 11.3 Å². The van der Waals surface area contributed by atoms with Crippen molar-refractivity contribution in [3.63, 3.8) is 0 Å². The molecule has 0 bridgehead atoms. The minimum atomic E-state index is 0.0397. The number of hydrogen-bond donors (Lipinski definition) is 1. The van der Waals surface area contributed by atoms with E-state index in [4.69, 9.17) is 4.74 Å². The molecule has 0 aliphatic rings. The summed E-state index contributed by atoms with van der Waals surface area (Å²) in [5.74, 6) is 1.59. The molecule has 4 nitrogen and oxygen atoms in total. The lowest BCUT2D eigenvalue weighted by atomic mass is 9.92. The van der Waals surface area contributed by atoms with E-state index in [0.717, 1.165) is 22.7 Å². The molecule has 35 heavy (non-hydrogen) atoms. The average molecular weight is 473 g/mol. The standard InChI is InChI=1S/C31H40N2O2/c1-22(2)28-16-11-17-29(23(3)4)31(28)32-30(34)18-19-33(26-13-8-7-9-14-26)21-25-12-10-15-27(20-25)35-24(5)6/h7-17,20,22-24H,18-19,21H2,1-6H3,(H,32,34). The number of carbonyl (C=O) groups is 1. The molecule has 0 saturated carbocycles. The largest absolute Gasteiger partial charge is 0.491 e. The van der Waals surface area contributed by atoms with Gasteiger partial charge < -0.3 is 15.0 Å². The van der Waals surface area contributed by atoms with Gasteiger partial charge in [-0.25, -0.2) is 0 Å². The summed E-state index contributed by atoms with van der Waals surface area (Å²) in [5.41, 5.74) is 5.60. The van der Waals surface area contributed by atoms with Gasteiger partial charge in [0, 0.05) is 30.9 Å². The van der Waals surface area contributed by atoms with Crippen LogP contribution in [-0.4, -0.2) is 18.6 Å². The van der Waals surface area contributed by atoms with Crippen molar-refractivity contribution in [3.05, 3.63) is 89.5 Å². The number of para-hydroxylation sites is 2. The van der Waals surface area contributed by atoms with Crippen LogP contribution in [0.15, 0.2) is 72.8 Å². The van der Waals surface area contributed by atoms with Crippen LogP contribution in [0.25, 0.3) is 0 Å². The summed E-state index contributed by atoms with van der Waals surface area (Å²) < 4.78 is 5.88. The number of nitrogens with one attached hydrogen (secondary N) is 1. The van der Waals surface area contributed by atoms with E-state index in [-0.39, 0.29) is 12.0 Å². The Kier molecular flexibility index (Phi) is 9.36. The van der Waals surface area contributed by atoms with Crippen LogP contribution in [0.2, 0.25) is 0 Å². The quantitative estimate of drug-likeness (QED) is 0.310. The summed E-state index contributed by atoms with van der Waals surface area (Å²) in [5, 5.41) is 3.26. The van der Waals surface area contributed by atoms with Crippen molar-refractivity contribution in [1.29, 1.82) is 0 Å². The van der Waals surface area contributed by atoms with Gasteiger partial charge in [-0.3, -0.25) is 4.79 Å². The molecule has 0 spiro atoms. The topological polar surface area (TPSA) is 41.6 Å². The molecule has 3 aromatic carbocycles. The maximum absolute atomic E-state index is 13.2. The van der Waals surface area contributed by atoms with Crippen molar-refractivity contribution in [1.82, 2.24) is 0 Å². The van der Waals surface area contributed by atoms with E-state index in [0.29, 0.717) is 31.3 Å². The minimum Gasteiger partial charge on any atom is -0.491 e. The number of anilines is 2. The highest BCUT2D eigenvalue weighted by molar-refractivity contribution is 5.93. The van der Waals surface area contributed by atoms with E-state index < -0.39 is 0 Å². The maximum Gasteiger partial charge on any atom is 0.226 e. The fourth-order valence-corrected chi connectivity index (χ4v) is 4.28. The fourth-order valence-electron chi connectivity index (χ4n) is 4.28. The Hall–Kier alpha value is -3.27. The molecule has 1 amide bonds. The number of ether oxygens (including phenoxy) is 1. The van der Waals surface area contributed by atoms with Gasteiger partial charge in [-0.1, -0.05) is 76.2 Å². The van der Waals surface area contributed by atoms with Crippen molar-refractivity contribution < 1.29 is 9.53 Å². The Morgan fingerprint density at radius 2 is 1.46 bits per heavy atom. The van der Waals surface area contributed by atoms with E-state index in [1.165, 1.54) is 11.1 Å². The fraction of sp³-hybridized carbons (Fsp3) is 0.387. The van der Waals surface area contributed by atoms with Crippen molar-refractivity contribution in [2.24, 2.45) is 0 Å². The van der Waals surface area contributed by atoms with Gasteiger partial charge in [-0.05, 0) is 66.6 Å². The normalized spacial score (nSPS) is 11.2. The molecule has 0 unspecified atom stereocenters. The molecule has 3 aromatic rings. The molecule has 186 valence electrons. The lowest BCUT2D eigenvalue weighted by Crippen LogP contribution is -2.28. The predicted octanol–water partition coefficient (Wildman–Crippen LogP) is 7.76. The Morgan fingerprint density at radius 3 is 2.06 bits per heavy atom. The first kappa shape index (κ1) is 26.3. The number of carbonyl (C=O) groups excluding carboxylic acids is 1. The molecule has 1 N–H and O–H groups in total. The lowest BCUT2D eigenvalue weighted by molar-refractivity contribution is -0.116. The van der Waals surface area contributed by atoms with Gasteiger partial charge in [0.05, 0.1) is 6.10 Å². The van der Waals surface area contributed by atoms with Crippen molar-refractivity contribution >= 4 is 17.3 Å². The number of nitrogens with zero attached hydrogens (tertiary/aromatic N) is 1. The molecule has 0 atom stereocenters. The van der Waals surface area contributed by atoms with Crippen molar-refractivity contribution in [2.45, 2.75) is 72.4 Å². The molecular formula is C31H40N2O2. The van der Waals surface area contributed by atoms with Gasteiger partial charge in [0.1, 0.15) is 5.75 Å². The summed E-state index contributed by atoms with van der Waals surface area (Å²) in [4.78, 5) is 15.4. The molecular weight excluding hydrogens is 432 g/mol. The average Bonchev–Trinajstić information content (AvgIpc) is 2.82. The second-order valence-corrected chi connectivity index (χ2v) is 9.99. The number of hydrogen-bond acceptors (Lipinski definition) is 3. The Morgan fingerprint density at radius 1 is 0.829 bits per heavy atom. The first-order valence-corrected chi connectivity index (χ1v) is 12.7. The molecule has 0 heterocycles. The van der Waals surface area contributed by atoms with Crippen molar-refractivity contribution in [2.75, 3.05) is 16.8 Å². The third-order valence-corrected chi connectivity index (χ3v) is 6.01. The van der Waals surface area contributed by atoms with E-state index >= 15 is 0 Å². The van der Waals surface area contributed by atoms with Crippen LogP contribution in [0.3, 0.4) is 0 Å². The van der Waals surface area contributed by atoms with E-state index in [1.807, 2.05) is 44.2 Å². The van der Waals surface area contributed by atoms with E-state index in [2.05, 4.69) is 80.4 Å². The van der Waals surface area contributed by atoms with Gasteiger partial charge in [0.25, 0.3) is 0 Å². The molecule has 0 saturated heterocycles. The minimum absolute atomic E-state index is 0.0397. The maximum atomic E-state index is 13.2. The van der Waals surface area contributed by atoms with Crippen LogP contribution in [0, 0.1) is 0 Å². The van der Waals surface area contributed by atoms with Crippen LogP contribution >= 0.6 is 0 Å². The summed E-state index contributed by atoms with van der Waals surface area (Å²) in [6.07, 6.45) is 0.532. The lowest BCUT2D eigenvalue weighted by Gasteiger charge is -2.26. The predicted molar refractivity (Wildman–Crippen MR) is 148 cm³/mol. The molecule has 3 rings (SSSR count). The summed E-state index contributed by atoms with van der Waals surface area (Å²) in [6.45, 7) is 14.1. The van der Waals surface area contributed by atoms with Gasteiger partial charge in [-0.15, -0.1) is 0 Å². The van der Waals surface area contributed by atoms with Crippen LogP contribution in [0.5, 0.6) is 5.75 Å². The van der Waals surface area contributed by atoms with Gasteiger partial charge in [0.15, 0.2) is 0 Å². The van der Waals surface area contributed by atoms with E-state index in [1.54, 1.807) is 0 Å². The first-order chi connectivity index (χ1) is 16.7. The third kappa shape index (κ3) is 7.61. The van der Waals surface area contributed by atoms with E-state index in [9.17, 15) is 4.79 Å². The van der Waals surface area contributed by atoms with Gasteiger partial charge in [-0.2, -0.15) is 0 Å². The number of amides is 1. The Labute approximate surface area is 211 Å². The Balaban J connectivity index is 1.76. The summed E-state index contributed by atoms with van der Waals surface area (Å²) in [7, 11) is 0. The zero-order valence-corrected chi connectivity index (χ0v) is 22.0. The Bertz CT molecular complexity index is 1060. The monoisotopic (exact) mass is 472 g/mol. The van der Waals surface area contributed by atoms with Crippen LogP contribution in [0.4, 0.5) is 11.4 Å². The van der Waals surface area contributed by atoms with Gasteiger partial charge in [0.2, 0.25) is 5.91 Å². The van der Waals surface area contributed by atoms with Crippen LogP contribution < -0.4 is 15.0 Å². The SMILES string of the molecule is CC(C)Oc1cccc(CN(CCC(=O)Nc2c(C(C)C)cccc2C(C)C)c2ccccc2)c1. The van der Waals surface area contributed by atoms with Gasteiger partial charge >= 0.3 is 0 Å². The second-order valence-electron chi connectivity index (χ2n) is 9.99. The third-order valence-electron chi connectivity index (χ3n) is 6.01. The highest BCUT2D eigenvalue weighted by Gasteiger charge is 2.17. The first-order valence-electron chi connectivity index (χ1n) is 12.7. The number of rotatable bonds is 11. The number of benzene rings is 3. The smallest absolute Gasteiger partial charge is 0.226 e. The van der Waals surface area contributed by atoms with Crippen molar-refractivity contribution in [3.8, 4) is 5.75 Å². The second kappa shape index (κ2) is 12.4. The zero-order valence-electron chi connectivity index (χ0n) is 22.0. The summed E-state index contributed by atoms with van der Waals surface area (Å²) >= 11 is 0. The highest BCUT2D eigenvalue weighted by Crippen LogP contribution is 2.32. The molecule has 0 aliphatic carbocycles. The molecule has 0 aromatic heterocycles. The molecule has 4 heteroatoms. The molecule has 0 radical (unpaired) electrons. The zero-order chi connectivity index (χ0) is 25.4. The van der Waals surface area contributed by atoms with Crippen LogP contribution in [0.1, 0.15) is 76.5 Å². The molecule has 0 fully saturated rings. The summed E-state index contributed by atoms with van der Waals surface area (Å²) in [6, 6.07) is 24.8. The highest BCUT2D eigenvalue weighted by atomic mass is 16.5.